The molecule has 2 aromatic carbocycles. The fourth-order valence-corrected chi connectivity index (χ4v) is 6.15. The molecule has 2 aromatic heterocycles. The fourth-order valence-electron chi connectivity index (χ4n) is 5.88. The van der Waals surface area contributed by atoms with Gasteiger partial charge >= 0.3 is 0 Å². The molecule has 4 aromatic rings. The molecule has 1 amide bonds. The van der Waals surface area contributed by atoms with Crippen LogP contribution in [-0.4, -0.2) is 43.2 Å². The lowest BCUT2D eigenvalue weighted by molar-refractivity contribution is -0.133. The first-order valence-corrected chi connectivity index (χ1v) is 13.1. The van der Waals surface area contributed by atoms with Crippen molar-refractivity contribution in [3.63, 3.8) is 0 Å². The van der Waals surface area contributed by atoms with E-state index in [2.05, 4.69) is 90.2 Å². The highest BCUT2D eigenvalue weighted by Crippen LogP contribution is 2.49. The van der Waals surface area contributed by atoms with Crippen LogP contribution in [0.4, 0.5) is 0 Å². The van der Waals surface area contributed by atoms with Crippen molar-refractivity contribution < 1.29 is 4.79 Å². The summed E-state index contributed by atoms with van der Waals surface area (Å²) in [7, 11) is 0. The van der Waals surface area contributed by atoms with Crippen LogP contribution in [0.15, 0.2) is 83.9 Å². The molecular formula is C28H28BrN5O. The van der Waals surface area contributed by atoms with Crippen LogP contribution >= 0.6 is 15.9 Å². The largest absolute Gasteiger partial charge is 0.343 e. The van der Waals surface area contributed by atoms with E-state index in [1.807, 2.05) is 29.3 Å². The first kappa shape index (κ1) is 22.3. The number of carbonyl (C=O) groups excluding carboxylic acids is 1. The average molecular weight is 530 g/mol. The molecule has 2 aliphatic rings. The fraction of sp³-hybridized carbons (Fsp3) is 0.321. The molecule has 1 atom stereocenters. The van der Waals surface area contributed by atoms with Crippen LogP contribution in [0.25, 0.3) is 11.4 Å². The molecule has 6 nitrogen and oxygen atoms in total. The van der Waals surface area contributed by atoms with E-state index in [4.69, 9.17) is 0 Å². The Morgan fingerprint density at radius 1 is 1.00 bits per heavy atom. The Bertz CT molecular complexity index is 1320. The molecule has 0 aliphatic carbocycles. The molecule has 0 saturated carbocycles. The standard InChI is InChI=1S/C28H28BrN5O/c29-23-8-6-22(7-9-23)28(25-5-2-1-4-24(25)27-30-15-19-34(27)28)13-10-26(35)32-17-11-21(12-18-32)20-33-16-3-14-31-33/h1-9,14-16,19,21H,10-13,17-18,20H2. The molecule has 0 spiro atoms. The smallest absolute Gasteiger partial charge is 0.222 e. The minimum absolute atomic E-state index is 0.241. The van der Waals surface area contributed by atoms with Crippen molar-refractivity contribution in [2.75, 3.05) is 13.1 Å². The maximum absolute atomic E-state index is 13.4. The van der Waals surface area contributed by atoms with Crippen LogP contribution in [0.1, 0.15) is 36.8 Å². The Hall–Kier alpha value is -3.19. The van der Waals surface area contributed by atoms with Crippen molar-refractivity contribution >= 4 is 21.8 Å². The number of halogens is 1. The Morgan fingerprint density at radius 2 is 1.80 bits per heavy atom. The summed E-state index contributed by atoms with van der Waals surface area (Å²) in [6.45, 7) is 2.58. The third kappa shape index (κ3) is 3.92. The first-order chi connectivity index (χ1) is 17.1. The number of imidazole rings is 1. The van der Waals surface area contributed by atoms with Gasteiger partial charge in [0, 0.05) is 60.9 Å². The van der Waals surface area contributed by atoms with Crippen LogP contribution in [0.2, 0.25) is 0 Å². The van der Waals surface area contributed by atoms with Crippen LogP contribution < -0.4 is 0 Å². The van der Waals surface area contributed by atoms with Crippen LogP contribution in [0.3, 0.4) is 0 Å². The normalized spacial score (nSPS) is 19.5. The van der Waals surface area contributed by atoms with E-state index in [-0.39, 0.29) is 5.91 Å². The second-order valence-electron chi connectivity index (χ2n) is 9.59. The zero-order valence-corrected chi connectivity index (χ0v) is 21.1. The SMILES string of the molecule is O=C(CCC1(c2ccc(Br)cc2)c2ccccc2-c2nccn21)N1CCC(Cn2cccn2)CC1. The molecule has 1 saturated heterocycles. The van der Waals surface area contributed by atoms with Gasteiger partial charge in [0.25, 0.3) is 0 Å². The van der Waals surface area contributed by atoms with Gasteiger partial charge in [-0.3, -0.25) is 9.48 Å². The molecule has 2 aliphatic heterocycles. The molecule has 35 heavy (non-hydrogen) atoms. The highest BCUT2D eigenvalue weighted by molar-refractivity contribution is 9.10. The Morgan fingerprint density at radius 3 is 2.57 bits per heavy atom. The molecule has 4 heterocycles. The zero-order chi connectivity index (χ0) is 23.8. The minimum atomic E-state index is -0.447. The Kier molecular flexibility index (Phi) is 5.80. The summed E-state index contributed by atoms with van der Waals surface area (Å²) in [6.07, 6.45) is 11.0. The van der Waals surface area contributed by atoms with Crippen molar-refractivity contribution in [3.8, 4) is 11.4 Å². The Balaban J connectivity index is 1.24. The number of carbonyl (C=O) groups is 1. The number of likely N-dealkylation sites (tertiary alicyclic amines) is 1. The van der Waals surface area contributed by atoms with Crippen molar-refractivity contribution in [1.29, 1.82) is 0 Å². The molecule has 178 valence electrons. The lowest BCUT2D eigenvalue weighted by Gasteiger charge is -2.36. The Labute approximate surface area is 213 Å². The van der Waals surface area contributed by atoms with Crippen LogP contribution in [0, 0.1) is 5.92 Å². The summed E-state index contributed by atoms with van der Waals surface area (Å²) in [6, 6.07) is 19.0. The number of piperidine rings is 1. The minimum Gasteiger partial charge on any atom is -0.343 e. The van der Waals surface area contributed by atoms with Crippen molar-refractivity contribution in [2.24, 2.45) is 5.92 Å². The number of rotatable bonds is 6. The lowest BCUT2D eigenvalue weighted by Crippen LogP contribution is -2.41. The monoisotopic (exact) mass is 529 g/mol. The summed E-state index contributed by atoms with van der Waals surface area (Å²) in [5, 5.41) is 4.34. The van der Waals surface area contributed by atoms with Gasteiger partial charge in [-0.2, -0.15) is 5.10 Å². The van der Waals surface area contributed by atoms with E-state index in [9.17, 15) is 4.79 Å². The molecule has 0 radical (unpaired) electrons. The molecule has 0 N–H and O–H groups in total. The highest BCUT2D eigenvalue weighted by atomic mass is 79.9. The summed E-state index contributed by atoms with van der Waals surface area (Å²) in [4.78, 5) is 20.2. The topological polar surface area (TPSA) is 56.0 Å². The summed E-state index contributed by atoms with van der Waals surface area (Å²) < 4.78 is 5.32. The second kappa shape index (κ2) is 9.11. The highest BCUT2D eigenvalue weighted by Gasteiger charge is 2.45. The number of benzene rings is 2. The summed E-state index contributed by atoms with van der Waals surface area (Å²) in [5.41, 5.74) is 3.09. The molecule has 1 fully saturated rings. The maximum Gasteiger partial charge on any atom is 0.222 e. The van der Waals surface area contributed by atoms with Crippen molar-refractivity contribution in [2.45, 2.75) is 37.8 Å². The van der Waals surface area contributed by atoms with Gasteiger partial charge in [0.15, 0.2) is 0 Å². The second-order valence-corrected chi connectivity index (χ2v) is 10.5. The predicted molar refractivity (Wildman–Crippen MR) is 139 cm³/mol. The van der Waals surface area contributed by atoms with Gasteiger partial charge < -0.3 is 9.47 Å². The third-order valence-electron chi connectivity index (χ3n) is 7.66. The van der Waals surface area contributed by atoms with Gasteiger partial charge in [0.2, 0.25) is 5.91 Å². The number of hydrogen-bond donors (Lipinski definition) is 0. The van der Waals surface area contributed by atoms with Gasteiger partial charge in [-0.25, -0.2) is 4.98 Å². The van der Waals surface area contributed by atoms with Crippen LogP contribution in [0.5, 0.6) is 0 Å². The van der Waals surface area contributed by atoms with E-state index < -0.39 is 5.54 Å². The molecular weight excluding hydrogens is 502 g/mol. The molecule has 7 heteroatoms. The van der Waals surface area contributed by atoms with E-state index in [1.165, 1.54) is 11.1 Å². The van der Waals surface area contributed by atoms with Crippen molar-refractivity contribution in [3.05, 3.63) is 95.0 Å². The van der Waals surface area contributed by atoms with Crippen molar-refractivity contribution in [1.82, 2.24) is 24.2 Å². The molecule has 0 bridgehead atoms. The number of amides is 1. The van der Waals surface area contributed by atoms with E-state index in [1.54, 1.807) is 0 Å². The van der Waals surface area contributed by atoms with Gasteiger partial charge in [-0.15, -0.1) is 0 Å². The van der Waals surface area contributed by atoms with E-state index in [0.29, 0.717) is 18.8 Å². The van der Waals surface area contributed by atoms with Gasteiger partial charge in [-0.1, -0.05) is 52.3 Å². The predicted octanol–water partition coefficient (Wildman–Crippen LogP) is 5.33. The third-order valence-corrected chi connectivity index (χ3v) is 8.19. The summed E-state index contributed by atoms with van der Waals surface area (Å²) >= 11 is 3.58. The zero-order valence-electron chi connectivity index (χ0n) is 19.6. The molecule has 6 rings (SSSR count). The van der Waals surface area contributed by atoms with Gasteiger partial charge in [0.05, 0.1) is 5.54 Å². The van der Waals surface area contributed by atoms with Gasteiger partial charge in [0.1, 0.15) is 5.82 Å². The first-order valence-electron chi connectivity index (χ1n) is 12.3. The number of fused-ring (bicyclic) bond motifs is 3. The van der Waals surface area contributed by atoms with Gasteiger partial charge in [-0.05, 0) is 54.5 Å². The average Bonchev–Trinajstić information content (AvgIpc) is 3.63. The summed E-state index contributed by atoms with van der Waals surface area (Å²) in [5.74, 6) is 1.78. The number of nitrogens with zero attached hydrogens (tertiary/aromatic N) is 5. The molecule has 1 unspecified atom stereocenters. The quantitative estimate of drug-likeness (QED) is 0.339. The van der Waals surface area contributed by atoms with Crippen LogP contribution in [-0.2, 0) is 16.9 Å². The maximum atomic E-state index is 13.4. The number of hydrogen-bond acceptors (Lipinski definition) is 3. The van der Waals surface area contributed by atoms with E-state index in [0.717, 1.165) is 48.3 Å². The van der Waals surface area contributed by atoms with E-state index >= 15 is 0 Å². The number of aromatic nitrogens is 4. The lowest BCUT2D eigenvalue weighted by atomic mass is 9.79.